The normalized spacial score (nSPS) is 27.2. The largest absolute Gasteiger partial charge is 0.374 e. The maximum atomic E-state index is 12.7. The van der Waals surface area contributed by atoms with Crippen molar-refractivity contribution in [3.05, 3.63) is 29.8 Å². The molecule has 2 saturated heterocycles. The van der Waals surface area contributed by atoms with E-state index < -0.39 is 10.0 Å². The lowest BCUT2D eigenvalue weighted by Crippen LogP contribution is -2.48. The van der Waals surface area contributed by atoms with Gasteiger partial charge >= 0.3 is 0 Å². The van der Waals surface area contributed by atoms with E-state index in [2.05, 4.69) is 4.90 Å². The predicted molar refractivity (Wildman–Crippen MR) is 76.1 cm³/mol. The number of morpholine rings is 1. The highest BCUT2D eigenvalue weighted by Crippen LogP contribution is 2.27. The molecule has 0 N–H and O–H groups in total. The Bertz CT molecular complexity index is 666. The molecule has 2 aliphatic rings. The highest BCUT2D eigenvalue weighted by molar-refractivity contribution is 7.89. The summed E-state index contributed by atoms with van der Waals surface area (Å²) in [5, 5.41) is 8.78. The molecule has 3 rings (SSSR count). The highest BCUT2D eigenvalue weighted by Gasteiger charge is 2.43. The fourth-order valence-electron chi connectivity index (χ4n) is 2.87. The Balaban J connectivity index is 1.84. The van der Waals surface area contributed by atoms with E-state index in [1.165, 1.54) is 28.6 Å². The van der Waals surface area contributed by atoms with E-state index in [9.17, 15) is 8.42 Å². The van der Waals surface area contributed by atoms with Gasteiger partial charge in [-0.25, -0.2) is 8.42 Å². The second-order valence-electron chi connectivity index (χ2n) is 5.42. The van der Waals surface area contributed by atoms with Crippen LogP contribution in [0.25, 0.3) is 0 Å². The maximum absolute atomic E-state index is 12.7. The van der Waals surface area contributed by atoms with Crippen molar-refractivity contribution in [2.24, 2.45) is 0 Å². The number of ether oxygens (including phenoxy) is 1. The molecule has 1 aromatic carbocycles. The lowest BCUT2D eigenvalue weighted by atomic mass is 10.1. The highest BCUT2D eigenvalue weighted by atomic mass is 32.2. The summed E-state index contributed by atoms with van der Waals surface area (Å²) in [5.74, 6) is 0. The second-order valence-corrected chi connectivity index (χ2v) is 7.35. The zero-order valence-electron chi connectivity index (χ0n) is 11.8. The number of hydrogen-bond acceptors (Lipinski definition) is 5. The molecule has 2 aliphatic heterocycles. The molecule has 0 unspecified atom stereocenters. The summed E-state index contributed by atoms with van der Waals surface area (Å²) < 4.78 is 32.5. The minimum atomic E-state index is -3.53. The first-order valence-electron chi connectivity index (χ1n) is 6.84. The summed E-state index contributed by atoms with van der Waals surface area (Å²) in [5.41, 5.74) is 0.451. The van der Waals surface area contributed by atoms with Gasteiger partial charge < -0.3 is 4.74 Å². The molecule has 0 saturated carbocycles. The Hall–Kier alpha value is -1.46. The first-order chi connectivity index (χ1) is 10.0. The van der Waals surface area contributed by atoms with Crippen LogP contribution < -0.4 is 0 Å². The molecule has 0 aromatic heterocycles. The topological polar surface area (TPSA) is 73.6 Å². The molecule has 0 amide bonds. The van der Waals surface area contributed by atoms with Gasteiger partial charge in [-0.2, -0.15) is 9.57 Å². The molecule has 1 aromatic rings. The molecular weight excluding hydrogens is 290 g/mol. The average molecular weight is 307 g/mol. The van der Waals surface area contributed by atoms with Gasteiger partial charge in [-0.15, -0.1) is 0 Å². The molecule has 2 fully saturated rings. The van der Waals surface area contributed by atoms with Gasteiger partial charge in [0, 0.05) is 19.6 Å². The lowest BCUT2D eigenvalue weighted by Gasteiger charge is -2.33. The Morgan fingerprint density at radius 1 is 1.29 bits per heavy atom. The Morgan fingerprint density at radius 3 is 2.62 bits per heavy atom. The van der Waals surface area contributed by atoms with Crippen LogP contribution in [0.4, 0.5) is 0 Å². The predicted octanol–water partition coefficient (Wildman–Crippen LogP) is 0.262. The van der Waals surface area contributed by atoms with Gasteiger partial charge in [0.05, 0.1) is 35.3 Å². The van der Waals surface area contributed by atoms with Gasteiger partial charge in [-0.3, -0.25) is 4.90 Å². The fourth-order valence-corrected chi connectivity index (χ4v) is 4.34. The van der Waals surface area contributed by atoms with Crippen molar-refractivity contribution in [2.45, 2.75) is 17.0 Å². The third kappa shape index (κ3) is 2.56. The van der Waals surface area contributed by atoms with Crippen LogP contribution in [0.2, 0.25) is 0 Å². The average Bonchev–Trinajstić information content (AvgIpc) is 2.94. The van der Waals surface area contributed by atoms with E-state index in [1.807, 2.05) is 13.1 Å². The van der Waals surface area contributed by atoms with Gasteiger partial charge in [0.1, 0.15) is 0 Å². The van der Waals surface area contributed by atoms with E-state index in [0.717, 1.165) is 6.54 Å². The Labute approximate surface area is 124 Å². The van der Waals surface area contributed by atoms with Crippen LogP contribution >= 0.6 is 0 Å². The summed E-state index contributed by atoms with van der Waals surface area (Å²) in [6.45, 7) is 2.30. The van der Waals surface area contributed by atoms with Gasteiger partial charge in [0.2, 0.25) is 10.0 Å². The summed E-state index contributed by atoms with van der Waals surface area (Å²) >= 11 is 0. The van der Waals surface area contributed by atoms with Crippen molar-refractivity contribution in [1.82, 2.24) is 9.21 Å². The standard InChI is InChI=1S/C14H17N3O3S/c1-16-6-7-20-14-10-17(9-13(14)16)21(18,19)12-4-2-11(8-15)3-5-12/h2-5,13-14H,6-7,9-10H2,1H3/t13-,14+/m1/s1. The molecule has 112 valence electrons. The van der Waals surface area contributed by atoms with Crippen molar-refractivity contribution < 1.29 is 13.2 Å². The second kappa shape index (κ2) is 5.39. The summed E-state index contributed by atoms with van der Waals surface area (Å²) in [6.07, 6.45) is -0.0584. The van der Waals surface area contributed by atoms with E-state index in [0.29, 0.717) is 25.3 Å². The van der Waals surface area contributed by atoms with Crippen molar-refractivity contribution in [3.63, 3.8) is 0 Å². The molecule has 0 radical (unpaired) electrons. The van der Waals surface area contributed by atoms with Crippen LogP contribution in [0.15, 0.2) is 29.2 Å². The zero-order valence-corrected chi connectivity index (χ0v) is 12.6. The van der Waals surface area contributed by atoms with Crippen LogP contribution in [0.3, 0.4) is 0 Å². The van der Waals surface area contributed by atoms with Crippen LogP contribution in [-0.4, -0.2) is 63.1 Å². The number of nitriles is 1. The number of hydrogen-bond donors (Lipinski definition) is 0. The molecule has 0 bridgehead atoms. The third-order valence-electron chi connectivity index (χ3n) is 4.17. The summed E-state index contributed by atoms with van der Waals surface area (Å²) in [7, 11) is -1.53. The first kappa shape index (κ1) is 14.5. The first-order valence-corrected chi connectivity index (χ1v) is 8.28. The molecule has 7 heteroatoms. The molecule has 2 heterocycles. The molecule has 6 nitrogen and oxygen atoms in total. The zero-order chi connectivity index (χ0) is 15.0. The number of benzene rings is 1. The number of sulfonamides is 1. The molecular formula is C14H17N3O3S. The molecule has 21 heavy (non-hydrogen) atoms. The van der Waals surface area contributed by atoms with Gasteiger partial charge in [0.15, 0.2) is 0 Å². The molecule has 0 aliphatic carbocycles. The number of fused-ring (bicyclic) bond motifs is 1. The summed E-state index contributed by atoms with van der Waals surface area (Å²) in [6, 6.07) is 8.13. The number of likely N-dealkylation sites (N-methyl/N-ethyl adjacent to an activating group) is 1. The van der Waals surface area contributed by atoms with Crippen LogP contribution in [0.1, 0.15) is 5.56 Å². The van der Waals surface area contributed by atoms with E-state index in [-0.39, 0.29) is 17.0 Å². The quantitative estimate of drug-likeness (QED) is 0.784. The van der Waals surface area contributed by atoms with E-state index >= 15 is 0 Å². The van der Waals surface area contributed by atoms with Crippen LogP contribution in [0.5, 0.6) is 0 Å². The van der Waals surface area contributed by atoms with Gasteiger partial charge in [-0.05, 0) is 31.3 Å². The van der Waals surface area contributed by atoms with Crippen molar-refractivity contribution in [3.8, 4) is 6.07 Å². The maximum Gasteiger partial charge on any atom is 0.243 e. The van der Waals surface area contributed by atoms with Crippen molar-refractivity contribution in [2.75, 3.05) is 33.3 Å². The minimum Gasteiger partial charge on any atom is -0.374 e. The Morgan fingerprint density at radius 2 is 2.00 bits per heavy atom. The van der Waals surface area contributed by atoms with Gasteiger partial charge in [-0.1, -0.05) is 0 Å². The van der Waals surface area contributed by atoms with E-state index in [4.69, 9.17) is 10.00 Å². The number of rotatable bonds is 2. The monoisotopic (exact) mass is 307 g/mol. The van der Waals surface area contributed by atoms with Crippen LogP contribution in [-0.2, 0) is 14.8 Å². The minimum absolute atomic E-state index is 0.0584. The third-order valence-corrected chi connectivity index (χ3v) is 6.01. The van der Waals surface area contributed by atoms with Crippen LogP contribution in [0, 0.1) is 11.3 Å². The molecule has 0 spiro atoms. The lowest BCUT2D eigenvalue weighted by molar-refractivity contribution is -0.0366. The molecule has 2 atom stereocenters. The SMILES string of the molecule is CN1CCO[C@H]2CN(S(=O)(=O)c3ccc(C#N)cc3)C[C@H]21. The van der Waals surface area contributed by atoms with E-state index in [1.54, 1.807) is 0 Å². The summed E-state index contributed by atoms with van der Waals surface area (Å²) in [4.78, 5) is 2.38. The fraction of sp³-hybridized carbons (Fsp3) is 0.500. The van der Waals surface area contributed by atoms with Crippen molar-refractivity contribution in [1.29, 1.82) is 5.26 Å². The number of nitrogens with zero attached hydrogens (tertiary/aromatic N) is 3. The smallest absolute Gasteiger partial charge is 0.243 e. The van der Waals surface area contributed by atoms with Crippen molar-refractivity contribution >= 4 is 10.0 Å². The Kier molecular flexibility index (Phi) is 3.71. The van der Waals surface area contributed by atoms with Gasteiger partial charge in [0.25, 0.3) is 0 Å².